The highest BCUT2D eigenvalue weighted by Crippen LogP contribution is 2.36. The van der Waals surface area contributed by atoms with Crippen LogP contribution in [0.3, 0.4) is 0 Å². The molecule has 0 saturated heterocycles. The molecule has 0 aliphatic heterocycles. The molecule has 10 heteroatoms. The normalized spacial score (nSPS) is 12.9. The van der Waals surface area contributed by atoms with E-state index in [9.17, 15) is 28.0 Å². The van der Waals surface area contributed by atoms with E-state index in [2.05, 4.69) is 0 Å². The fourth-order valence-electron chi connectivity index (χ4n) is 2.78. The maximum Gasteiger partial charge on any atom is 0.417 e. The number of alkyl halides is 3. The van der Waals surface area contributed by atoms with Crippen LogP contribution < -0.4 is 5.73 Å². The molecular formula is C20H17ClF3N3O3. The van der Waals surface area contributed by atoms with Crippen LogP contribution in [0.1, 0.15) is 29.4 Å². The van der Waals surface area contributed by atoms with Crippen LogP contribution in [0.15, 0.2) is 29.8 Å². The number of benzene rings is 1. The first-order valence-electron chi connectivity index (χ1n) is 8.55. The van der Waals surface area contributed by atoms with Crippen molar-refractivity contribution < 1.29 is 27.5 Å². The average Bonchev–Trinajstić information content (AvgIpc) is 2.92. The Labute approximate surface area is 175 Å². The number of nitrogens with zero attached hydrogens (tertiary/aromatic N) is 2. The third-order valence-electron chi connectivity index (χ3n) is 4.31. The van der Waals surface area contributed by atoms with Crippen LogP contribution in [0.25, 0.3) is 11.8 Å². The van der Waals surface area contributed by atoms with E-state index in [1.165, 1.54) is 23.6 Å². The van der Waals surface area contributed by atoms with Crippen molar-refractivity contribution in [2.45, 2.75) is 33.1 Å². The fraction of sp³-hybridized carbons (Fsp3) is 0.250. The molecule has 0 bridgehead atoms. The largest absolute Gasteiger partial charge is 0.448 e. The summed E-state index contributed by atoms with van der Waals surface area (Å²) in [5, 5.41) is 8.84. The molecule has 6 nitrogen and oxygen atoms in total. The minimum atomic E-state index is -4.63. The smallest absolute Gasteiger partial charge is 0.417 e. The molecule has 30 heavy (non-hydrogen) atoms. The molecule has 1 atom stereocenters. The van der Waals surface area contributed by atoms with Crippen LogP contribution in [-0.2, 0) is 20.5 Å². The van der Waals surface area contributed by atoms with Crippen LogP contribution >= 0.6 is 11.6 Å². The van der Waals surface area contributed by atoms with Crippen LogP contribution in [0.4, 0.5) is 13.2 Å². The van der Waals surface area contributed by atoms with E-state index in [4.69, 9.17) is 22.1 Å². The number of carbonyl (C=O) groups is 2. The third-order valence-corrected chi connectivity index (χ3v) is 4.64. The lowest BCUT2D eigenvalue weighted by molar-refractivity contribution is -0.149. The molecule has 0 saturated carbocycles. The van der Waals surface area contributed by atoms with Crippen molar-refractivity contribution in [2.24, 2.45) is 5.73 Å². The number of hydrogen-bond acceptors (Lipinski definition) is 4. The van der Waals surface area contributed by atoms with Gasteiger partial charge in [0.25, 0.3) is 5.91 Å². The summed E-state index contributed by atoms with van der Waals surface area (Å²) in [7, 11) is 0. The van der Waals surface area contributed by atoms with Gasteiger partial charge in [-0.25, -0.2) is 4.79 Å². The Bertz CT molecular complexity index is 1080. The molecule has 1 heterocycles. The number of hydrogen-bond donors (Lipinski definition) is 1. The van der Waals surface area contributed by atoms with E-state index in [1.807, 2.05) is 0 Å². The quantitative estimate of drug-likeness (QED) is 0.431. The molecule has 1 unspecified atom stereocenters. The van der Waals surface area contributed by atoms with Crippen molar-refractivity contribution in [3.05, 3.63) is 57.4 Å². The summed E-state index contributed by atoms with van der Waals surface area (Å²) in [6.07, 6.45) is -4.62. The molecule has 0 aliphatic rings. The second-order valence-electron chi connectivity index (χ2n) is 6.44. The minimum absolute atomic E-state index is 0.213. The van der Waals surface area contributed by atoms with Crippen molar-refractivity contribution in [2.75, 3.05) is 0 Å². The second kappa shape index (κ2) is 8.63. The number of aromatic nitrogens is 1. The molecule has 1 aromatic carbocycles. The van der Waals surface area contributed by atoms with Crippen LogP contribution in [-0.4, -0.2) is 22.5 Å². The van der Waals surface area contributed by atoms with Crippen LogP contribution in [0.5, 0.6) is 0 Å². The van der Waals surface area contributed by atoms with Gasteiger partial charge in [-0.1, -0.05) is 11.6 Å². The zero-order chi connectivity index (χ0) is 22.8. The zero-order valence-corrected chi connectivity index (χ0v) is 16.9. The van der Waals surface area contributed by atoms with E-state index in [0.717, 1.165) is 12.1 Å². The summed E-state index contributed by atoms with van der Waals surface area (Å²) in [5.41, 5.74) is 5.33. The highest BCUT2D eigenvalue weighted by molar-refractivity contribution is 6.31. The van der Waals surface area contributed by atoms with Gasteiger partial charge in [0.2, 0.25) is 0 Å². The number of aryl methyl sites for hydroxylation is 1. The van der Waals surface area contributed by atoms with Crippen molar-refractivity contribution in [3.8, 4) is 11.8 Å². The lowest BCUT2D eigenvalue weighted by Crippen LogP contribution is -2.30. The average molecular weight is 440 g/mol. The number of carbonyl (C=O) groups excluding carboxylic acids is 2. The number of amides is 1. The lowest BCUT2D eigenvalue weighted by Gasteiger charge is -2.14. The monoisotopic (exact) mass is 439 g/mol. The molecule has 1 amide bonds. The highest BCUT2D eigenvalue weighted by Gasteiger charge is 2.33. The minimum Gasteiger partial charge on any atom is -0.448 e. The standard InChI is InChI=1S/C20H17ClF3N3O3/c1-10-6-13(7-14(9-25)19(29)30-12(3)18(26)28)11(2)27(10)15-4-5-17(21)16(8-15)20(22,23)24/h4-8,12H,1-3H3,(H2,26,28)/b14-7+. The number of esters is 1. The molecule has 0 spiro atoms. The number of nitrogens with two attached hydrogens (primary N) is 1. The van der Waals surface area contributed by atoms with E-state index in [-0.39, 0.29) is 5.69 Å². The van der Waals surface area contributed by atoms with Crippen molar-refractivity contribution >= 4 is 29.6 Å². The summed E-state index contributed by atoms with van der Waals surface area (Å²) in [4.78, 5) is 23.1. The van der Waals surface area contributed by atoms with Crippen molar-refractivity contribution in [1.82, 2.24) is 4.57 Å². The Morgan fingerprint density at radius 3 is 2.47 bits per heavy atom. The SMILES string of the molecule is Cc1cc(/C=C(\C#N)C(=O)OC(C)C(N)=O)c(C)n1-c1ccc(Cl)c(C(F)(F)F)c1. The number of ether oxygens (including phenoxy) is 1. The first-order chi connectivity index (χ1) is 13.9. The molecule has 1 aromatic heterocycles. The molecule has 0 radical (unpaired) electrons. The summed E-state index contributed by atoms with van der Waals surface area (Å²) in [6.45, 7) is 4.54. The first-order valence-corrected chi connectivity index (χ1v) is 8.92. The van der Waals surface area contributed by atoms with Gasteiger partial charge in [0.1, 0.15) is 11.6 Å². The Balaban J connectivity index is 2.50. The van der Waals surface area contributed by atoms with E-state index < -0.39 is 40.3 Å². The lowest BCUT2D eigenvalue weighted by atomic mass is 10.1. The highest BCUT2D eigenvalue weighted by atomic mass is 35.5. The molecule has 2 N–H and O–H groups in total. The molecule has 2 rings (SSSR count). The molecule has 158 valence electrons. The topological polar surface area (TPSA) is 98.1 Å². The van der Waals surface area contributed by atoms with Gasteiger partial charge in [-0.2, -0.15) is 18.4 Å². The Kier molecular flexibility index (Phi) is 6.63. The van der Waals surface area contributed by atoms with Gasteiger partial charge in [0.15, 0.2) is 6.10 Å². The molecule has 2 aromatic rings. The molecule has 0 fully saturated rings. The van der Waals surface area contributed by atoms with Gasteiger partial charge in [-0.05, 0) is 56.7 Å². The third kappa shape index (κ3) is 4.83. The molecular weight excluding hydrogens is 423 g/mol. The summed E-state index contributed by atoms with van der Waals surface area (Å²) < 4.78 is 45.9. The number of nitriles is 1. The van der Waals surface area contributed by atoms with Gasteiger partial charge in [-0.15, -0.1) is 0 Å². The number of halogens is 4. The van der Waals surface area contributed by atoms with Gasteiger partial charge >= 0.3 is 12.1 Å². The number of primary amides is 1. The van der Waals surface area contributed by atoms with Gasteiger partial charge in [-0.3, -0.25) is 4.79 Å². The number of rotatable bonds is 5. The van der Waals surface area contributed by atoms with Crippen molar-refractivity contribution in [3.63, 3.8) is 0 Å². The van der Waals surface area contributed by atoms with E-state index in [0.29, 0.717) is 17.0 Å². The van der Waals surface area contributed by atoms with E-state index >= 15 is 0 Å². The van der Waals surface area contributed by atoms with Gasteiger partial charge in [0, 0.05) is 17.1 Å². The predicted octanol–water partition coefficient (Wildman–Crippen LogP) is 4.09. The van der Waals surface area contributed by atoms with Gasteiger partial charge < -0.3 is 15.0 Å². The molecule has 0 aliphatic carbocycles. The maximum absolute atomic E-state index is 13.2. The Morgan fingerprint density at radius 1 is 1.30 bits per heavy atom. The summed E-state index contributed by atoms with van der Waals surface area (Å²) in [5.74, 6) is -1.92. The van der Waals surface area contributed by atoms with Gasteiger partial charge in [0.05, 0.1) is 10.6 Å². The summed E-state index contributed by atoms with van der Waals surface area (Å²) >= 11 is 5.68. The zero-order valence-electron chi connectivity index (χ0n) is 16.2. The van der Waals surface area contributed by atoms with Crippen LogP contribution in [0.2, 0.25) is 5.02 Å². The Hall–Kier alpha value is -3.25. The van der Waals surface area contributed by atoms with Crippen LogP contribution in [0, 0.1) is 25.2 Å². The summed E-state index contributed by atoms with van der Waals surface area (Å²) in [6, 6.07) is 6.78. The van der Waals surface area contributed by atoms with E-state index in [1.54, 1.807) is 26.0 Å². The maximum atomic E-state index is 13.2. The first kappa shape index (κ1) is 23.0. The second-order valence-corrected chi connectivity index (χ2v) is 6.85. The Morgan fingerprint density at radius 2 is 1.93 bits per heavy atom. The van der Waals surface area contributed by atoms with Crippen molar-refractivity contribution in [1.29, 1.82) is 5.26 Å². The predicted molar refractivity (Wildman–Crippen MR) is 104 cm³/mol. The fourth-order valence-corrected chi connectivity index (χ4v) is 3.00.